The predicted molar refractivity (Wildman–Crippen MR) is 81.6 cm³/mol. The summed E-state index contributed by atoms with van der Waals surface area (Å²) in [5, 5.41) is 0. The molecule has 0 rings (SSSR count). The summed E-state index contributed by atoms with van der Waals surface area (Å²) < 4.78 is 3.57. The average Bonchev–Trinajstić information content (AvgIpc) is 2.27. The fourth-order valence-electron chi connectivity index (χ4n) is 0.831. The van der Waals surface area contributed by atoms with Crippen LogP contribution in [0.3, 0.4) is 0 Å². The van der Waals surface area contributed by atoms with Gasteiger partial charge in [0.15, 0.2) is 0 Å². The Hall–Kier alpha value is 0.670. The molecule has 0 saturated carbocycles. The molecule has 0 aliphatic rings. The zero-order chi connectivity index (χ0) is 12.4. The lowest BCUT2D eigenvalue weighted by Gasteiger charge is -2.25. The van der Waals surface area contributed by atoms with Crippen LogP contribution in [0, 0.1) is 0 Å². The van der Waals surface area contributed by atoms with Gasteiger partial charge in [0.05, 0.1) is 0 Å². The normalized spacial score (nSPS) is 10.2. The molecule has 0 fully saturated rings. The Labute approximate surface area is 116 Å². The zero-order valence-electron chi connectivity index (χ0n) is 10.3. The van der Waals surface area contributed by atoms with Crippen molar-refractivity contribution in [2.75, 3.05) is 23.0 Å². The zero-order valence-corrected chi connectivity index (χ0v) is 13.5. The van der Waals surface area contributed by atoms with Gasteiger partial charge in [-0.1, -0.05) is 27.7 Å². The van der Waals surface area contributed by atoms with Gasteiger partial charge in [-0.3, -0.25) is 0 Å². The van der Waals surface area contributed by atoms with Gasteiger partial charge in [0, 0.05) is 23.0 Å². The summed E-state index contributed by atoms with van der Waals surface area (Å²) in [6.07, 6.45) is 0. The summed E-state index contributed by atoms with van der Waals surface area (Å²) in [5.41, 5.74) is 0. The predicted octanol–water partition coefficient (Wildman–Crippen LogP) is 4.38. The molecule has 0 aliphatic heterocycles. The molecule has 7 heteroatoms. The second-order valence-electron chi connectivity index (χ2n) is 2.47. The van der Waals surface area contributed by atoms with Crippen molar-refractivity contribution < 1.29 is 4.79 Å². The monoisotopic (exact) mass is 300 g/mol. The standard InChI is InChI=1S/C9H20N2OS4/c1-5-13-10(14-6-2)9(12)11(15-7-3)16-8-4/h5-8H2,1-4H3. The minimum absolute atomic E-state index is 0.0809. The van der Waals surface area contributed by atoms with E-state index in [9.17, 15) is 4.79 Å². The second kappa shape index (κ2) is 10.8. The molecule has 0 radical (unpaired) electrons. The van der Waals surface area contributed by atoms with Gasteiger partial charge in [-0.25, -0.2) is 12.2 Å². The van der Waals surface area contributed by atoms with Crippen LogP contribution in [0.1, 0.15) is 27.7 Å². The van der Waals surface area contributed by atoms with E-state index in [1.54, 1.807) is 55.2 Å². The first-order chi connectivity index (χ1) is 7.71. The first-order valence-corrected chi connectivity index (χ1v) is 9.13. The van der Waals surface area contributed by atoms with E-state index in [0.717, 1.165) is 23.0 Å². The number of carbonyl (C=O) groups excluding carboxylic acids is 1. The lowest BCUT2D eigenvalue weighted by atomic mass is 11.0. The summed E-state index contributed by atoms with van der Waals surface area (Å²) >= 11 is 6.27. The SMILES string of the molecule is CCSN(SCC)C(=O)N(SCC)SCC. The molecule has 16 heavy (non-hydrogen) atoms. The molecule has 0 N–H and O–H groups in total. The Morgan fingerprint density at radius 3 is 1.19 bits per heavy atom. The topological polar surface area (TPSA) is 23.6 Å². The number of hydrogen-bond acceptors (Lipinski definition) is 5. The van der Waals surface area contributed by atoms with Crippen molar-refractivity contribution in [3.8, 4) is 0 Å². The summed E-state index contributed by atoms with van der Waals surface area (Å²) in [4.78, 5) is 12.2. The smallest absolute Gasteiger partial charge is 0.244 e. The van der Waals surface area contributed by atoms with Crippen LogP contribution in [0.15, 0.2) is 0 Å². The molecule has 0 aliphatic carbocycles. The number of hydrogen-bond donors (Lipinski definition) is 0. The quantitative estimate of drug-likeness (QED) is 0.619. The van der Waals surface area contributed by atoms with Crippen LogP contribution in [0.5, 0.6) is 0 Å². The number of amides is 2. The van der Waals surface area contributed by atoms with E-state index in [4.69, 9.17) is 0 Å². The van der Waals surface area contributed by atoms with Crippen LogP contribution in [-0.4, -0.2) is 36.5 Å². The van der Waals surface area contributed by atoms with Crippen molar-refractivity contribution in [2.24, 2.45) is 0 Å². The molecule has 0 aromatic heterocycles. The fraction of sp³-hybridized carbons (Fsp3) is 0.889. The first-order valence-electron chi connectivity index (χ1n) is 5.36. The maximum absolute atomic E-state index is 12.2. The van der Waals surface area contributed by atoms with E-state index in [-0.39, 0.29) is 6.03 Å². The van der Waals surface area contributed by atoms with Gasteiger partial charge >= 0.3 is 6.03 Å². The van der Waals surface area contributed by atoms with Crippen LogP contribution in [0.4, 0.5) is 4.79 Å². The fourth-order valence-corrected chi connectivity index (χ4v) is 4.61. The van der Waals surface area contributed by atoms with Gasteiger partial charge in [-0.2, -0.15) is 0 Å². The first kappa shape index (κ1) is 16.7. The number of nitrogens with zero attached hydrogens (tertiary/aromatic N) is 2. The third-order valence-electron chi connectivity index (χ3n) is 1.30. The Morgan fingerprint density at radius 2 is 1.00 bits per heavy atom. The molecule has 96 valence electrons. The summed E-state index contributed by atoms with van der Waals surface area (Å²) in [5.74, 6) is 3.67. The van der Waals surface area contributed by atoms with E-state index in [2.05, 4.69) is 27.7 Å². The van der Waals surface area contributed by atoms with E-state index < -0.39 is 0 Å². The third-order valence-corrected chi connectivity index (χ3v) is 5.16. The van der Waals surface area contributed by atoms with Gasteiger partial charge in [0.25, 0.3) is 0 Å². The largest absolute Gasteiger partial charge is 0.360 e. The molecule has 0 heterocycles. The highest BCUT2D eigenvalue weighted by molar-refractivity contribution is 8.14. The van der Waals surface area contributed by atoms with Crippen molar-refractivity contribution in [1.29, 1.82) is 0 Å². The summed E-state index contributed by atoms with van der Waals surface area (Å²) in [6.45, 7) is 8.24. The van der Waals surface area contributed by atoms with Crippen LogP contribution in [0.2, 0.25) is 0 Å². The molecule has 0 spiro atoms. The van der Waals surface area contributed by atoms with Crippen LogP contribution in [-0.2, 0) is 0 Å². The van der Waals surface area contributed by atoms with E-state index in [1.807, 2.05) is 0 Å². The van der Waals surface area contributed by atoms with Crippen LogP contribution >= 0.6 is 47.8 Å². The lowest BCUT2D eigenvalue weighted by molar-refractivity contribution is 0.236. The molecule has 0 atom stereocenters. The minimum Gasteiger partial charge on any atom is -0.244 e. The third kappa shape index (κ3) is 6.42. The Balaban J connectivity index is 4.38. The highest BCUT2D eigenvalue weighted by Crippen LogP contribution is 2.30. The molecule has 0 saturated heterocycles. The van der Waals surface area contributed by atoms with Crippen molar-refractivity contribution >= 4 is 53.8 Å². The molecule has 3 nitrogen and oxygen atoms in total. The Bertz CT molecular complexity index is 164. The van der Waals surface area contributed by atoms with E-state index >= 15 is 0 Å². The molecular formula is C9H20N2OS4. The molecule has 0 bridgehead atoms. The summed E-state index contributed by atoms with van der Waals surface area (Å²) in [6, 6.07) is 0.0809. The second-order valence-corrected chi connectivity index (χ2v) is 7.73. The van der Waals surface area contributed by atoms with Crippen molar-refractivity contribution in [3.05, 3.63) is 0 Å². The average molecular weight is 301 g/mol. The molecule has 0 aromatic carbocycles. The van der Waals surface area contributed by atoms with Crippen LogP contribution < -0.4 is 0 Å². The maximum Gasteiger partial charge on any atom is 0.360 e. The number of carbonyl (C=O) groups is 1. The Morgan fingerprint density at radius 1 is 0.750 bits per heavy atom. The highest BCUT2D eigenvalue weighted by Gasteiger charge is 2.22. The molecule has 2 amide bonds. The van der Waals surface area contributed by atoms with Crippen molar-refractivity contribution in [1.82, 2.24) is 7.42 Å². The van der Waals surface area contributed by atoms with Crippen molar-refractivity contribution in [3.63, 3.8) is 0 Å². The molecule has 0 aromatic rings. The minimum atomic E-state index is 0.0809. The van der Waals surface area contributed by atoms with E-state index in [0.29, 0.717) is 0 Å². The number of urea groups is 1. The highest BCUT2D eigenvalue weighted by atomic mass is 32.2. The Kier molecular flexibility index (Phi) is 11.3. The molecular weight excluding hydrogens is 280 g/mol. The van der Waals surface area contributed by atoms with Gasteiger partial charge in [-0.05, 0) is 47.8 Å². The summed E-state index contributed by atoms with van der Waals surface area (Å²) in [7, 11) is 0. The number of rotatable bonds is 8. The van der Waals surface area contributed by atoms with Crippen LogP contribution in [0.25, 0.3) is 0 Å². The maximum atomic E-state index is 12.2. The van der Waals surface area contributed by atoms with Gasteiger partial charge in [-0.15, -0.1) is 0 Å². The molecule has 0 unspecified atom stereocenters. The van der Waals surface area contributed by atoms with Gasteiger partial charge < -0.3 is 0 Å². The lowest BCUT2D eigenvalue weighted by Crippen LogP contribution is -2.28. The van der Waals surface area contributed by atoms with Gasteiger partial charge in [0.2, 0.25) is 0 Å². The van der Waals surface area contributed by atoms with E-state index in [1.165, 1.54) is 0 Å². The van der Waals surface area contributed by atoms with Gasteiger partial charge in [0.1, 0.15) is 0 Å². The van der Waals surface area contributed by atoms with Crippen molar-refractivity contribution in [2.45, 2.75) is 27.7 Å².